The van der Waals surface area contributed by atoms with E-state index in [0.29, 0.717) is 17.5 Å². The van der Waals surface area contributed by atoms with Crippen molar-refractivity contribution in [2.45, 2.75) is 18.9 Å². The SMILES string of the molecule is COc1ccc(C(=O)N(C)C[C@@H]2CCCN(C)[C@H]2c2cnn(C)c2)cc1. The number of likely N-dealkylation sites (tertiary alicyclic amines) is 1. The summed E-state index contributed by atoms with van der Waals surface area (Å²) in [5, 5.41) is 4.34. The summed E-state index contributed by atoms with van der Waals surface area (Å²) in [6, 6.07) is 7.59. The average molecular weight is 356 g/mol. The van der Waals surface area contributed by atoms with Gasteiger partial charge in [-0.3, -0.25) is 14.4 Å². The molecule has 1 aromatic heterocycles. The van der Waals surface area contributed by atoms with Crippen LogP contribution in [-0.2, 0) is 7.05 Å². The van der Waals surface area contributed by atoms with Crippen molar-refractivity contribution in [2.75, 3.05) is 34.3 Å². The number of aryl methyl sites for hydroxylation is 1. The first-order chi connectivity index (χ1) is 12.5. The van der Waals surface area contributed by atoms with Crippen molar-refractivity contribution in [2.24, 2.45) is 13.0 Å². The van der Waals surface area contributed by atoms with Crippen LogP contribution in [0.1, 0.15) is 34.8 Å². The van der Waals surface area contributed by atoms with Crippen molar-refractivity contribution in [3.63, 3.8) is 0 Å². The van der Waals surface area contributed by atoms with E-state index in [1.165, 1.54) is 5.56 Å². The van der Waals surface area contributed by atoms with E-state index in [2.05, 4.69) is 23.2 Å². The molecule has 0 radical (unpaired) electrons. The maximum atomic E-state index is 12.8. The van der Waals surface area contributed by atoms with Crippen molar-refractivity contribution in [3.05, 3.63) is 47.8 Å². The number of nitrogens with zero attached hydrogens (tertiary/aromatic N) is 4. The molecular weight excluding hydrogens is 328 g/mol. The number of amides is 1. The molecule has 0 spiro atoms. The van der Waals surface area contributed by atoms with E-state index in [4.69, 9.17) is 4.74 Å². The maximum absolute atomic E-state index is 12.8. The van der Waals surface area contributed by atoms with Crippen LogP contribution in [0.15, 0.2) is 36.7 Å². The molecule has 0 bridgehead atoms. The normalized spacial score (nSPS) is 20.8. The largest absolute Gasteiger partial charge is 0.497 e. The van der Waals surface area contributed by atoms with Crippen molar-refractivity contribution >= 4 is 5.91 Å². The number of rotatable bonds is 5. The Hall–Kier alpha value is -2.34. The van der Waals surface area contributed by atoms with Crippen LogP contribution in [0, 0.1) is 5.92 Å². The molecule has 1 amide bonds. The summed E-state index contributed by atoms with van der Waals surface area (Å²) in [5.74, 6) is 1.20. The highest BCUT2D eigenvalue weighted by Crippen LogP contribution is 2.35. The predicted octanol–water partition coefficient (Wildman–Crippen LogP) is 2.58. The van der Waals surface area contributed by atoms with Crippen LogP contribution in [0.3, 0.4) is 0 Å². The summed E-state index contributed by atoms with van der Waals surface area (Å²) in [7, 11) is 7.62. The molecule has 3 rings (SSSR count). The number of carbonyl (C=O) groups excluding carboxylic acids is 1. The van der Waals surface area contributed by atoms with Gasteiger partial charge in [-0.1, -0.05) is 0 Å². The van der Waals surface area contributed by atoms with Gasteiger partial charge in [-0.15, -0.1) is 0 Å². The maximum Gasteiger partial charge on any atom is 0.253 e. The number of benzene rings is 1. The second-order valence-corrected chi connectivity index (χ2v) is 7.19. The van der Waals surface area contributed by atoms with Crippen LogP contribution >= 0.6 is 0 Å². The van der Waals surface area contributed by atoms with Gasteiger partial charge in [-0.25, -0.2) is 0 Å². The molecule has 0 unspecified atom stereocenters. The van der Waals surface area contributed by atoms with Crippen LogP contribution in [-0.4, -0.2) is 59.8 Å². The minimum Gasteiger partial charge on any atom is -0.497 e. The van der Waals surface area contributed by atoms with E-state index in [9.17, 15) is 4.79 Å². The molecule has 1 aromatic carbocycles. The van der Waals surface area contributed by atoms with Crippen LogP contribution in [0.2, 0.25) is 0 Å². The third-order valence-corrected chi connectivity index (χ3v) is 5.27. The first kappa shape index (κ1) is 18.5. The van der Waals surface area contributed by atoms with E-state index >= 15 is 0 Å². The number of aromatic nitrogens is 2. The molecule has 1 aliphatic rings. The lowest BCUT2D eigenvalue weighted by molar-refractivity contribution is 0.0645. The van der Waals surface area contributed by atoms with E-state index in [1.807, 2.05) is 54.1 Å². The molecule has 0 saturated carbocycles. The van der Waals surface area contributed by atoms with E-state index < -0.39 is 0 Å². The third-order valence-electron chi connectivity index (χ3n) is 5.27. The summed E-state index contributed by atoms with van der Waals surface area (Å²) in [5.41, 5.74) is 1.92. The fourth-order valence-electron chi connectivity index (χ4n) is 3.96. The summed E-state index contributed by atoms with van der Waals surface area (Å²) >= 11 is 0. The molecule has 26 heavy (non-hydrogen) atoms. The molecular formula is C20H28N4O2. The lowest BCUT2D eigenvalue weighted by Gasteiger charge is -2.40. The van der Waals surface area contributed by atoms with Gasteiger partial charge >= 0.3 is 0 Å². The number of piperidine rings is 1. The standard InChI is InChI=1S/C20H28N4O2/c1-22-11-5-6-16(19(22)17-12-21-24(3)14-17)13-23(2)20(25)15-7-9-18(26-4)10-8-15/h7-10,12,14,16,19H,5-6,11,13H2,1-4H3/t16-,19+/m0/s1. The lowest BCUT2D eigenvalue weighted by Crippen LogP contribution is -2.42. The van der Waals surface area contributed by atoms with Crippen LogP contribution in [0.25, 0.3) is 0 Å². The zero-order chi connectivity index (χ0) is 18.7. The third kappa shape index (κ3) is 3.90. The molecule has 1 fully saturated rings. The lowest BCUT2D eigenvalue weighted by atomic mass is 9.85. The van der Waals surface area contributed by atoms with Gasteiger partial charge in [0.2, 0.25) is 0 Å². The van der Waals surface area contributed by atoms with Crippen molar-refractivity contribution < 1.29 is 9.53 Å². The molecule has 6 nitrogen and oxygen atoms in total. The van der Waals surface area contributed by atoms with Crippen LogP contribution < -0.4 is 4.74 Å². The predicted molar refractivity (Wildman–Crippen MR) is 101 cm³/mol. The summed E-state index contributed by atoms with van der Waals surface area (Å²) in [4.78, 5) is 17.0. The second kappa shape index (κ2) is 7.91. The van der Waals surface area contributed by atoms with Gasteiger partial charge in [0.1, 0.15) is 5.75 Å². The number of hydrogen-bond acceptors (Lipinski definition) is 4. The first-order valence-corrected chi connectivity index (χ1v) is 9.08. The number of ether oxygens (including phenoxy) is 1. The number of hydrogen-bond donors (Lipinski definition) is 0. The van der Waals surface area contributed by atoms with Gasteiger partial charge < -0.3 is 9.64 Å². The molecule has 2 heterocycles. The van der Waals surface area contributed by atoms with Gasteiger partial charge in [-0.2, -0.15) is 5.10 Å². The Balaban J connectivity index is 1.73. The quantitative estimate of drug-likeness (QED) is 0.826. The monoisotopic (exact) mass is 356 g/mol. The molecule has 0 aliphatic carbocycles. The Labute approximate surface area is 155 Å². The Morgan fingerprint density at radius 1 is 1.31 bits per heavy atom. The van der Waals surface area contributed by atoms with Crippen molar-refractivity contribution in [1.29, 1.82) is 0 Å². The van der Waals surface area contributed by atoms with Gasteiger partial charge in [0.05, 0.1) is 13.3 Å². The fourth-order valence-corrected chi connectivity index (χ4v) is 3.96. The topological polar surface area (TPSA) is 50.6 Å². The Morgan fingerprint density at radius 3 is 2.65 bits per heavy atom. The van der Waals surface area contributed by atoms with Crippen molar-refractivity contribution in [3.8, 4) is 5.75 Å². The smallest absolute Gasteiger partial charge is 0.253 e. The van der Waals surface area contributed by atoms with Crippen LogP contribution in [0.4, 0.5) is 0 Å². The van der Waals surface area contributed by atoms with Gasteiger partial charge in [0.25, 0.3) is 5.91 Å². The Morgan fingerprint density at radius 2 is 2.04 bits per heavy atom. The van der Waals surface area contributed by atoms with Crippen molar-refractivity contribution in [1.82, 2.24) is 19.6 Å². The minimum atomic E-state index is 0.0471. The van der Waals surface area contributed by atoms with Gasteiger partial charge in [-0.05, 0) is 56.6 Å². The highest BCUT2D eigenvalue weighted by Gasteiger charge is 2.33. The molecule has 0 N–H and O–H groups in total. The molecule has 6 heteroatoms. The Kier molecular flexibility index (Phi) is 5.61. The first-order valence-electron chi connectivity index (χ1n) is 9.08. The highest BCUT2D eigenvalue weighted by atomic mass is 16.5. The van der Waals surface area contributed by atoms with Gasteiger partial charge in [0, 0.05) is 44.0 Å². The molecule has 1 aliphatic heterocycles. The zero-order valence-electron chi connectivity index (χ0n) is 16.1. The Bertz CT molecular complexity index is 741. The van der Waals surface area contributed by atoms with E-state index in [0.717, 1.165) is 31.7 Å². The molecule has 2 atom stereocenters. The minimum absolute atomic E-state index is 0.0471. The fraction of sp³-hybridized carbons (Fsp3) is 0.500. The van der Waals surface area contributed by atoms with E-state index in [1.54, 1.807) is 7.11 Å². The van der Waals surface area contributed by atoms with E-state index in [-0.39, 0.29) is 5.91 Å². The number of methoxy groups -OCH3 is 1. The number of carbonyl (C=O) groups is 1. The summed E-state index contributed by atoms with van der Waals surface area (Å²) in [6.45, 7) is 1.81. The summed E-state index contributed by atoms with van der Waals surface area (Å²) in [6.07, 6.45) is 6.31. The summed E-state index contributed by atoms with van der Waals surface area (Å²) < 4.78 is 7.02. The van der Waals surface area contributed by atoms with Crippen LogP contribution in [0.5, 0.6) is 5.75 Å². The molecule has 140 valence electrons. The zero-order valence-corrected chi connectivity index (χ0v) is 16.1. The molecule has 1 saturated heterocycles. The second-order valence-electron chi connectivity index (χ2n) is 7.19. The van der Waals surface area contributed by atoms with Gasteiger partial charge in [0.15, 0.2) is 0 Å². The highest BCUT2D eigenvalue weighted by molar-refractivity contribution is 5.94. The molecule has 2 aromatic rings. The average Bonchev–Trinajstić information content (AvgIpc) is 3.07.